The molecule has 0 unspecified atom stereocenters. The highest BCUT2D eigenvalue weighted by Crippen LogP contribution is 2.49. The maximum Gasteiger partial charge on any atom is 0.227 e. The van der Waals surface area contributed by atoms with E-state index in [1.165, 1.54) is 11.1 Å². The van der Waals surface area contributed by atoms with Crippen LogP contribution in [-0.2, 0) is 18.4 Å². The molecule has 6 rings (SSSR count). The summed E-state index contributed by atoms with van der Waals surface area (Å²) in [4.78, 5) is 9.37. The van der Waals surface area contributed by atoms with Gasteiger partial charge in [0.1, 0.15) is 11.5 Å². The minimum atomic E-state index is -0.111. The zero-order valence-electron chi connectivity index (χ0n) is 20.6. The number of aliphatic hydroxyl groups is 1. The molecule has 1 aromatic heterocycles. The van der Waals surface area contributed by atoms with Gasteiger partial charge in [-0.1, -0.05) is 18.2 Å². The molecule has 3 aromatic carbocycles. The molecule has 7 heteroatoms. The Bertz CT molecular complexity index is 1450. The number of nitrogens with zero attached hydrogens (tertiary/aromatic N) is 2. The third-order valence-electron chi connectivity index (χ3n) is 7.52. The van der Waals surface area contributed by atoms with Crippen LogP contribution in [-0.4, -0.2) is 42.4 Å². The molecule has 184 valence electrons. The topological polar surface area (TPSA) is 88.5 Å². The second-order valence-corrected chi connectivity index (χ2v) is 9.69. The second-order valence-electron chi connectivity index (χ2n) is 9.69. The molecular formula is C29H30N4O3. The predicted octanol–water partition coefficient (Wildman–Crippen LogP) is 4.73. The molecule has 2 heterocycles. The molecule has 1 fully saturated rings. The average molecular weight is 483 g/mol. The van der Waals surface area contributed by atoms with E-state index in [4.69, 9.17) is 14.5 Å². The van der Waals surface area contributed by atoms with Crippen LogP contribution in [0, 0.1) is 0 Å². The molecule has 0 atom stereocenters. The molecule has 4 aromatic rings. The first-order valence-corrected chi connectivity index (χ1v) is 12.4. The lowest BCUT2D eigenvalue weighted by molar-refractivity contribution is 0.255. The monoisotopic (exact) mass is 482 g/mol. The molecule has 36 heavy (non-hydrogen) atoms. The molecule has 1 saturated carbocycles. The number of ether oxygens (including phenoxy) is 2. The molecule has 3 N–H and O–H groups in total. The van der Waals surface area contributed by atoms with Crippen LogP contribution in [0.15, 0.2) is 54.7 Å². The zero-order valence-corrected chi connectivity index (χ0v) is 20.6. The third kappa shape index (κ3) is 4.04. The van der Waals surface area contributed by atoms with E-state index in [1.807, 2.05) is 18.3 Å². The molecule has 0 spiro atoms. The van der Waals surface area contributed by atoms with Crippen molar-refractivity contribution in [2.24, 2.45) is 0 Å². The Morgan fingerprint density at radius 3 is 2.64 bits per heavy atom. The summed E-state index contributed by atoms with van der Waals surface area (Å²) >= 11 is 0. The van der Waals surface area contributed by atoms with Crippen LogP contribution in [0.1, 0.15) is 29.5 Å². The van der Waals surface area contributed by atoms with E-state index in [9.17, 15) is 5.11 Å². The van der Waals surface area contributed by atoms with E-state index in [2.05, 4.69) is 52.0 Å². The first kappa shape index (κ1) is 22.8. The van der Waals surface area contributed by atoms with Gasteiger partial charge in [-0.2, -0.15) is 0 Å². The maximum atomic E-state index is 9.93. The van der Waals surface area contributed by atoms with Crippen molar-refractivity contribution in [1.29, 1.82) is 0 Å². The van der Waals surface area contributed by atoms with Crippen LogP contribution >= 0.6 is 0 Å². The van der Waals surface area contributed by atoms with Gasteiger partial charge in [0.2, 0.25) is 5.95 Å². The lowest BCUT2D eigenvalue weighted by Crippen LogP contribution is -2.23. The summed E-state index contributed by atoms with van der Waals surface area (Å²) in [6.45, 7) is 1.99. The number of fused-ring (bicyclic) bond motifs is 2. The van der Waals surface area contributed by atoms with Crippen molar-refractivity contribution in [3.05, 3.63) is 71.4 Å². The number of rotatable bonds is 7. The van der Waals surface area contributed by atoms with Crippen LogP contribution in [0.2, 0.25) is 0 Å². The number of methoxy groups -OCH3 is 2. The summed E-state index contributed by atoms with van der Waals surface area (Å²) in [5, 5.41) is 17.7. The Morgan fingerprint density at radius 1 is 1.00 bits per heavy atom. The van der Waals surface area contributed by atoms with E-state index < -0.39 is 0 Å². The van der Waals surface area contributed by atoms with Crippen LogP contribution in [0.3, 0.4) is 0 Å². The Morgan fingerprint density at radius 2 is 1.86 bits per heavy atom. The molecular weight excluding hydrogens is 452 g/mol. The summed E-state index contributed by atoms with van der Waals surface area (Å²) in [7, 11) is 3.37. The van der Waals surface area contributed by atoms with Crippen molar-refractivity contribution in [1.82, 2.24) is 15.3 Å². The van der Waals surface area contributed by atoms with Gasteiger partial charge < -0.3 is 25.2 Å². The number of aliphatic hydroxyl groups excluding tert-OH is 1. The van der Waals surface area contributed by atoms with Crippen molar-refractivity contribution in [3.63, 3.8) is 0 Å². The molecule has 0 saturated heterocycles. The fourth-order valence-corrected chi connectivity index (χ4v) is 5.10. The van der Waals surface area contributed by atoms with Gasteiger partial charge in [0, 0.05) is 29.1 Å². The van der Waals surface area contributed by atoms with Crippen LogP contribution < -0.4 is 20.1 Å². The smallest absolute Gasteiger partial charge is 0.227 e. The van der Waals surface area contributed by atoms with Crippen molar-refractivity contribution >= 4 is 22.5 Å². The lowest BCUT2D eigenvalue weighted by atomic mass is 9.92. The molecule has 7 nitrogen and oxygen atoms in total. The van der Waals surface area contributed by atoms with Gasteiger partial charge in [0.25, 0.3) is 0 Å². The van der Waals surface area contributed by atoms with E-state index in [0.717, 1.165) is 77.1 Å². The molecule has 0 radical (unpaired) electrons. The number of anilines is 2. The largest absolute Gasteiger partial charge is 0.496 e. The van der Waals surface area contributed by atoms with Gasteiger partial charge >= 0.3 is 0 Å². The summed E-state index contributed by atoms with van der Waals surface area (Å²) in [6.07, 6.45) is 4.85. The number of nitrogens with one attached hydrogen (secondary N) is 2. The van der Waals surface area contributed by atoms with Crippen molar-refractivity contribution in [2.45, 2.75) is 31.2 Å². The van der Waals surface area contributed by atoms with Gasteiger partial charge in [0.05, 0.1) is 32.0 Å². The van der Waals surface area contributed by atoms with Crippen LogP contribution in [0.4, 0.5) is 11.6 Å². The molecule has 0 amide bonds. The molecule has 1 aliphatic heterocycles. The van der Waals surface area contributed by atoms with Gasteiger partial charge in [-0.3, -0.25) is 0 Å². The zero-order chi connectivity index (χ0) is 24.7. The highest BCUT2D eigenvalue weighted by molar-refractivity contribution is 5.86. The van der Waals surface area contributed by atoms with Gasteiger partial charge in [-0.05, 0) is 78.4 Å². The molecule has 1 aliphatic carbocycles. The lowest BCUT2D eigenvalue weighted by Gasteiger charge is -2.20. The number of benzene rings is 3. The minimum Gasteiger partial charge on any atom is -0.496 e. The summed E-state index contributed by atoms with van der Waals surface area (Å²) in [5.41, 5.74) is 7.30. The first-order chi connectivity index (χ1) is 17.6. The molecule has 0 bridgehead atoms. The van der Waals surface area contributed by atoms with Gasteiger partial charge in [-0.25, -0.2) is 9.97 Å². The van der Waals surface area contributed by atoms with Crippen LogP contribution in [0.5, 0.6) is 11.5 Å². The predicted molar refractivity (Wildman–Crippen MR) is 141 cm³/mol. The molecule has 2 aliphatic rings. The van der Waals surface area contributed by atoms with E-state index >= 15 is 0 Å². The van der Waals surface area contributed by atoms with Crippen molar-refractivity contribution in [2.75, 3.05) is 32.7 Å². The van der Waals surface area contributed by atoms with E-state index in [-0.39, 0.29) is 12.0 Å². The third-order valence-corrected chi connectivity index (χ3v) is 7.52. The van der Waals surface area contributed by atoms with Crippen molar-refractivity contribution < 1.29 is 14.6 Å². The highest BCUT2D eigenvalue weighted by Gasteiger charge is 2.43. The number of aromatic nitrogens is 2. The fraction of sp³-hybridized carbons (Fsp3) is 0.310. The Hall–Kier alpha value is -3.68. The summed E-state index contributed by atoms with van der Waals surface area (Å²) in [6, 6.07) is 16.6. The number of hydrogen-bond donors (Lipinski definition) is 3. The maximum absolute atomic E-state index is 9.93. The van der Waals surface area contributed by atoms with E-state index in [0.29, 0.717) is 5.95 Å². The van der Waals surface area contributed by atoms with Crippen molar-refractivity contribution in [3.8, 4) is 22.6 Å². The second kappa shape index (κ2) is 9.08. The highest BCUT2D eigenvalue weighted by atomic mass is 16.5. The first-order valence-electron chi connectivity index (χ1n) is 12.4. The average Bonchev–Trinajstić information content (AvgIpc) is 3.73. The van der Waals surface area contributed by atoms with Crippen LogP contribution in [0.25, 0.3) is 22.0 Å². The van der Waals surface area contributed by atoms with Gasteiger partial charge in [-0.15, -0.1) is 0 Å². The SMILES string of the molecule is COc1cc2c(cc1Nc1ncc3ccc(-c4cc(C5(CO)CC5)ccc4OC)cc3n1)CNCC2. The summed E-state index contributed by atoms with van der Waals surface area (Å²) in [5.74, 6) is 2.10. The number of hydrogen-bond acceptors (Lipinski definition) is 7. The van der Waals surface area contributed by atoms with E-state index in [1.54, 1.807) is 14.2 Å². The fourth-order valence-electron chi connectivity index (χ4n) is 5.10. The Kier molecular flexibility index (Phi) is 5.74. The minimum absolute atomic E-state index is 0.111. The van der Waals surface area contributed by atoms with Gasteiger partial charge in [0.15, 0.2) is 0 Å². The standard InChI is InChI=1S/C29H30N4O3/c1-35-26-6-5-22(29(17-34)8-9-29)14-23(26)19-3-4-20-16-31-28(32-24(20)11-19)33-25-12-21-15-30-10-7-18(21)13-27(25)36-2/h3-6,11-14,16,30,34H,7-10,15,17H2,1-2H3,(H,31,32,33). The Labute approximate surface area is 210 Å². The quantitative estimate of drug-likeness (QED) is 0.351. The normalized spacial score (nSPS) is 15.9. The Balaban J connectivity index is 1.36. The summed E-state index contributed by atoms with van der Waals surface area (Å²) < 4.78 is 11.3.